The maximum absolute atomic E-state index is 13.0. The van der Waals surface area contributed by atoms with E-state index in [4.69, 9.17) is 11.6 Å². The number of carbonyl (C=O) groups is 2. The van der Waals surface area contributed by atoms with Gasteiger partial charge in [-0.3, -0.25) is 14.5 Å². The third-order valence-electron chi connectivity index (χ3n) is 4.95. The van der Waals surface area contributed by atoms with Gasteiger partial charge in [0.15, 0.2) is 11.5 Å². The highest BCUT2D eigenvalue weighted by Crippen LogP contribution is 2.43. The van der Waals surface area contributed by atoms with Crippen LogP contribution in [0.4, 0.5) is 11.4 Å². The Hall–Kier alpha value is -2.79. The summed E-state index contributed by atoms with van der Waals surface area (Å²) in [7, 11) is 3.86. The third kappa shape index (κ3) is 4.01. The van der Waals surface area contributed by atoms with Crippen LogP contribution in [0.5, 0.6) is 0 Å². The number of aliphatic hydroxyl groups excluding tert-OH is 1. The summed E-state index contributed by atoms with van der Waals surface area (Å²) in [4.78, 5) is 29.4. The van der Waals surface area contributed by atoms with Crippen molar-refractivity contribution in [3.05, 3.63) is 70.4 Å². The molecular weight excluding hydrogens is 388 g/mol. The van der Waals surface area contributed by atoms with Crippen LogP contribution in [0.2, 0.25) is 5.02 Å². The van der Waals surface area contributed by atoms with Crippen LogP contribution in [0.15, 0.2) is 59.9 Å². The molecule has 0 radical (unpaired) electrons. The molecule has 6 heteroatoms. The van der Waals surface area contributed by atoms with Gasteiger partial charge in [0.25, 0.3) is 5.91 Å². The van der Waals surface area contributed by atoms with E-state index in [1.165, 1.54) is 4.90 Å². The Kier molecular flexibility index (Phi) is 5.99. The Labute approximate surface area is 176 Å². The second kappa shape index (κ2) is 8.29. The monoisotopic (exact) mass is 412 g/mol. The van der Waals surface area contributed by atoms with Gasteiger partial charge < -0.3 is 10.0 Å². The molecular formula is C23H25ClN2O3. The average molecular weight is 413 g/mol. The Morgan fingerprint density at radius 2 is 1.76 bits per heavy atom. The molecule has 29 heavy (non-hydrogen) atoms. The second-order valence-corrected chi connectivity index (χ2v) is 8.20. The minimum atomic E-state index is -0.771. The summed E-state index contributed by atoms with van der Waals surface area (Å²) in [6.07, 6.45) is 0.237. The van der Waals surface area contributed by atoms with Gasteiger partial charge in [0.1, 0.15) is 0 Å². The molecule has 1 unspecified atom stereocenters. The number of aliphatic hydroxyl groups is 1. The Balaban J connectivity index is 2.14. The van der Waals surface area contributed by atoms with Crippen molar-refractivity contribution >= 4 is 34.7 Å². The molecule has 0 aromatic heterocycles. The molecule has 1 atom stereocenters. The normalized spacial score (nSPS) is 16.7. The zero-order chi connectivity index (χ0) is 21.3. The van der Waals surface area contributed by atoms with Crippen LogP contribution in [0.1, 0.15) is 31.9 Å². The van der Waals surface area contributed by atoms with Crippen molar-refractivity contribution in [2.75, 3.05) is 23.9 Å². The predicted molar refractivity (Wildman–Crippen MR) is 117 cm³/mol. The number of hydrogen-bond acceptors (Lipinski definition) is 4. The van der Waals surface area contributed by atoms with Crippen molar-refractivity contribution in [3.8, 4) is 0 Å². The lowest BCUT2D eigenvalue weighted by molar-refractivity contribution is -0.118. The quantitative estimate of drug-likeness (QED) is 0.731. The van der Waals surface area contributed by atoms with Crippen molar-refractivity contribution < 1.29 is 14.7 Å². The summed E-state index contributed by atoms with van der Waals surface area (Å²) in [5, 5.41) is 11.1. The van der Waals surface area contributed by atoms with Gasteiger partial charge in [-0.05, 0) is 41.8 Å². The first-order chi connectivity index (χ1) is 13.7. The number of carbonyl (C=O) groups excluding carboxylic acids is 2. The van der Waals surface area contributed by atoms with E-state index >= 15 is 0 Å². The molecule has 152 valence electrons. The molecule has 0 bridgehead atoms. The lowest BCUT2D eigenvalue weighted by atomic mass is 9.92. The van der Waals surface area contributed by atoms with Gasteiger partial charge in [0, 0.05) is 36.9 Å². The number of nitrogens with zero attached hydrogens (tertiary/aromatic N) is 2. The molecule has 2 aromatic rings. The van der Waals surface area contributed by atoms with Gasteiger partial charge in [-0.2, -0.15) is 0 Å². The standard InChI is InChI=1S/C23H25ClN2O3/c1-14(2)13-19(27)20-21(17-7-5-6-8-18(17)24)26(23(29)22(20)28)16-11-9-15(10-12-16)25(3)4/h5-12,14,21,28H,13H2,1-4H3. The van der Waals surface area contributed by atoms with Crippen molar-refractivity contribution in [1.29, 1.82) is 0 Å². The number of amides is 1. The molecule has 1 aliphatic rings. The smallest absolute Gasteiger partial charge is 0.294 e. The topological polar surface area (TPSA) is 60.9 Å². The van der Waals surface area contributed by atoms with E-state index < -0.39 is 17.7 Å². The van der Waals surface area contributed by atoms with Crippen molar-refractivity contribution in [2.45, 2.75) is 26.3 Å². The molecule has 0 saturated carbocycles. The van der Waals surface area contributed by atoms with E-state index in [0.29, 0.717) is 16.3 Å². The first-order valence-corrected chi connectivity index (χ1v) is 9.91. The molecule has 0 saturated heterocycles. The molecule has 1 N–H and O–H groups in total. The lowest BCUT2D eigenvalue weighted by Gasteiger charge is -2.28. The van der Waals surface area contributed by atoms with Gasteiger partial charge in [-0.1, -0.05) is 43.6 Å². The van der Waals surface area contributed by atoms with Crippen LogP contribution in [0, 0.1) is 5.92 Å². The van der Waals surface area contributed by atoms with E-state index in [1.807, 2.05) is 45.0 Å². The Bertz CT molecular complexity index is 964. The summed E-state index contributed by atoms with van der Waals surface area (Å²) in [5.41, 5.74) is 2.27. The number of halogens is 1. The molecule has 0 fully saturated rings. The number of anilines is 2. The van der Waals surface area contributed by atoms with E-state index in [-0.39, 0.29) is 23.7 Å². The largest absolute Gasteiger partial charge is 0.503 e. The number of benzene rings is 2. The van der Waals surface area contributed by atoms with Gasteiger partial charge in [-0.25, -0.2) is 0 Å². The zero-order valence-corrected chi connectivity index (χ0v) is 17.8. The van der Waals surface area contributed by atoms with Crippen molar-refractivity contribution in [3.63, 3.8) is 0 Å². The zero-order valence-electron chi connectivity index (χ0n) is 17.0. The molecule has 0 aliphatic carbocycles. The maximum Gasteiger partial charge on any atom is 0.294 e. The van der Waals surface area contributed by atoms with E-state index in [0.717, 1.165) is 5.69 Å². The van der Waals surface area contributed by atoms with Crippen LogP contribution in [0.3, 0.4) is 0 Å². The van der Waals surface area contributed by atoms with E-state index in [2.05, 4.69) is 0 Å². The number of Topliss-reactive ketones (excluding diaryl/α,β-unsaturated/α-hetero) is 1. The second-order valence-electron chi connectivity index (χ2n) is 7.79. The molecule has 2 aromatic carbocycles. The van der Waals surface area contributed by atoms with Gasteiger partial charge >= 0.3 is 0 Å². The highest BCUT2D eigenvalue weighted by atomic mass is 35.5. The number of ketones is 1. The van der Waals surface area contributed by atoms with E-state index in [1.54, 1.807) is 36.4 Å². The van der Waals surface area contributed by atoms with Crippen LogP contribution < -0.4 is 9.80 Å². The van der Waals surface area contributed by atoms with Crippen molar-refractivity contribution in [2.24, 2.45) is 5.92 Å². The maximum atomic E-state index is 13.0. The molecule has 0 spiro atoms. The minimum absolute atomic E-state index is 0.0956. The van der Waals surface area contributed by atoms with E-state index in [9.17, 15) is 14.7 Å². The highest BCUT2D eigenvalue weighted by molar-refractivity contribution is 6.31. The SMILES string of the molecule is CC(C)CC(=O)C1=C(O)C(=O)N(c2ccc(N(C)C)cc2)C1c1ccccc1Cl. The summed E-state index contributed by atoms with van der Waals surface area (Å²) >= 11 is 6.43. The fourth-order valence-electron chi connectivity index (χ4n) is 3.54. The lowest BCUT2D eigenvalue weighted by Crippen LogP contribution is -2.31. The number of rotatable bonds is 6. The minimum Gasteiger partial charge on any atom is -0.503 e. The predicted octanol–water partition coefficient (Wildman–Crippen LogP) is 4.92. The van der Waals surface area contributed by atoms with Crippen LogP contribution in [-0.2, 0) is 9.59 Å². The van der Waals surface area contributed by atoms with Crippen molar-refractivity contribution in [1.82, 2.24) is 0 Å². The van der Waals surface area contributed by atoms with Crippen LogP contribution in [-0.4, -0.2) is 30.9 Å². The number of hydrogen-bond donors (Lipinski definition) is 1. The Morgan fingerprint density at radius 1 is 1.14 bits per heavy atom. The molecule has 1 amide bonds. The Morgan fingerprint density at radius 3 is 2.31 bits per heavy atom. The summed E-state index contributed by atoms with van der Waals surface area (Å²) in [6, 6.07) is 13.7. The van der Waals surface area contributed by atoms with Crippen LogP contribution >= 0.6 is 11.6 Å². The molecule has 1 aliphatic heterocycles. The summed E-state index contributed by atoms with van der Waals surface area (Å²) in [5.74, 6) is -1.25. The van der Waals surface area contributed by atoms with Crippen LogP contribution in [0.25, 0.3) is 0 Å². The molecule has 5 nitrogen and oxygen atoms in total. The van der Waals surface area contributed by atoms with Gasteiger partial charge in [-0.15, -0.1) is 0 Å². The first-order valence-electron chi connectivity index (χ1n) is 9.54. The summed E-state index contributed by atoms with van der Waals surface area (Å²) < 4.78 is 0. The fraction of sp³-hybridized carbons (Fsp3) is 0.304. The first kappa shape index (κ1) is 20.9. The van der Waals surface area contributed by atoms with Gasteiger partial charge in [0.05, 0.1) is 11.6 Å². The average Bonchev–Trinajstić information content (AvgIpc) is 2.93. The van der Waals surface area contributed by atoms with Gasteiger partial charge in [0.2, 0.25) is 0 Å². The highest BCUT2D eigenvalue weighted by Gasteiger charge is 2.44. The fourth-order valence-corrected chi connectivity index (χ4v) is 3.78. The molecule has 1 heterocycles. The molecule has 3 rings (SSSR count). The summed E-state index contributed by atoms with van der Waals surface area (Å²) in [6.45, 7) is 3.85. The third-order valence-corrected chi connectivity index (χ3v) is 5.29.